The predicted octanol–water partition coefficient (Wildman–Crippen LogP) is 3.37. The lowest BCUT2D eigenvalue weighted by Crippen LogP contribution is -2.52. The van der Waals surface area contributed by atoms with Crippen LogP contribution in [0.15, 0.2) is 48.5 Å². The van der Waals surface area contributed by atoms with Crippen LogP contribution in [0.25, 0.3) is 0 Å². The molecule has 0 spiro atoms. The van der Waals surface area contributed by atoms with Gasteiger partial charge in [-0.25, -0.2) is 4.39 Å². The second-order valence-corrected chi connectivity index (χ2v) is 6.60. The molecule has 1 aliphatic rings. The van der Waals surface area contributed by atoms with E-state index in [4.69, 9.17) is 4.74 Å². The number of halogens is 1. The summed E-state index contributed by atoms with van der Waals surface area (Å²) in [5.41, 5.74) is 1.71. The summed E-state index contributed by atoms with van der Waals surface area (Å²) >= 11 is 0. The molecule has 1 amide bonds. The van der Waals surface area contributed by atoms with Gasteiger partial charge in [0.1, 0.15) is 11.6 Å². The van der Waals surface area contributed by atoms with Crippen LogP contribution in [0.5, 0.6) is 5.75 Å². The fourth-order valence-electron chi connectivity index (χ4n) is 3.29. The summed E-state index contributed by atoms with van der Waals surface area (Å²) in [5, 5.41) is 2.85. The molecule has 0 aliphatic carbocycles. The highest BCUT2D eigenvalue weighted by atomic mass is 19.1. The number of amides is 1. The Morgan fingerprint density at radius 2 is 1.78 bits per heavy atom. The lowest BCUT2D eigenvalue weighted by Gasteiger charge is -2.39. The largest absolute Gasteiger partial charge is 0.492 e. The maximum atomic E-state index is 13.0. The van der Waals surface area contributed by atoms with Crippen LogP contribution >= 0.6 is 0 Å². The van der Waals surface area contributed by atoms with Crippen molar-refractivity contribution < 1.29 is 13.9 Å². The van der Waals surface area contributed by atoms with Crippen LogP contribution in [0.1, 0.15) is 13.8 Å². The molecule has 1 heterocycles. The Morgan fingerprint density at radius 3 is 2.44 bits per heavy atom. The summed E-state index contributed by atoms with van der Waals surface area (Å²) in [5.74, 6) is 0.504. The molecule has 0 unspecified atom stereocenters. The Bertz CT molecular complexity index is 758. The van der Waals surface area contributed by atoms with Crippen LogP contribution < -0.4 is 15.0 Å². The number of nitrogens with zero attached hydrogens (tertiary/aromatic N) is 2. The molecular weight excluding hydrogens is 345 g/mol. The molecule has 3 rings (SSSR count). The number of nitrogens with one attached hydrogen (secondary N) is 1. The maximum absolute atomic E-state index is 13.0. The highest BCUT2D eigenvalue weighted by molar-refractivity contribution is 5.94. The summed E-state index contributed by atoms with van der Waals surface area (Å²) in [6.07, 6.45) is 0. The average Bonchev–Trinajstić information content (AvgIpc) is 2.70. The van der Waals surface area contributed by atoms with Gasteiger partial charge in [-0.2, -0.15) is 0 Å². The third-order valence-electron chi connectivity index (χ3n) is 4.86. The lowest BCUT2D eigenvalue weighted by atomic mass is 10.2. The number of para-hydroxylation sites is 2. The molecule has 2 aromatic carbocycles. The molecule has 5 nitrogen and oxygen atoms in total. The van der Waals surface area contributed by atoms with Crippen molar-refractivity contribution in [1.29, 1.82) is 0 Å². The van der Waals surface area contributed by atoms with Crippen LogP contribution in [0.3, 0.4) is 0 Å². The first-order chi connectivity index (χ1) is 13.1. The first-order valence-corrected chi connectivity index (χ1v) is 9.35. The molecule has 0 radical (unpaired) electrons. The maximum Gasteiger partial charge on any atom is 0.241 e. The quantitative estimate of drug-likeness (QED) is 0.846. The van der Waals surface area contributed by atoms with Crippen LogP contribution in [0, 0.1) is 5.82 Å². The van der Waals surface area contributed by atoms with E-state index >= 15 is 0 Å². The molecule has 6 heteroatoms. The fourth-order valence-corrected chi connectivity index (χ4v) is 3.29. The van der Waals surface area contributed by atoms with Gasteiger partial charge in [0.05, 0.1) is 18.3 Å². The number of carbonyl (C=O) groups excluding carboxylic acids is 1. The number of ether oxygens (including phenoxy) is 1. The Morgan fingerprint density at radius 1 is 1.11 bits per heavy atom. The van der Waals surface area contributed by atoms with Crippen molar-refractivity contribution in [2.45, 2.75) is 19.9 Å². The van der Waals surface area contributed by atoms with Crippen molar-refractivity contribution in [2.75, 3.05) is 43.0 Å². The summed E-state index contributed by atoms with van der Waals surface area (Å²) in [6, 6.07) is 13.6. The lowest BCUT2D eigenvalue weighted by molar-refractivity contribution is -0.120. The number of hydrogen-bond acceptors (Lipinski definition) is 4. The average molecular weight is 371 g/mol. The number of carbonyl (C=O) groups is 1. The minimum absolute atomic E-state index is 0.0789. The van der Waals surface area contributed by atoms with Gasteiger partial charge in [0.2, 0.25) is 5.91 Å². The van der Waals surface area contributed by atoms with Crippen LogP contribution in [0.2, 0.25) is 0 Å². The minimum Gasteiger partial charge on any atom is -0.492 e. The van der Waals surface area contributed by atoms with Crippen molar-refractivity contribution in [3.05, 3.63) is 54.3 Å². The Hall–Kier alpha value is -2.60. The smallest absolute Gasteiger partial charge is 0.241 e. The summed E-state index contributed by atoms with van der Waals surface area (Å²) < 4.78 is 18.7. The highest BCUT2D eigenvalue weighted by Gasteiger charge is 2.26. The summed E-state index contributed by atoms with van der Waals surface area (Å²) in [7, 11) is 0. The molecule has 1 atom stereocenters. The molecule has 1 aliphatic heterocycles. The van der Waals surface area contributed by atoms with E-state index in [0.717, 1.165) is 37.6 Å². The molecule has 27 heavy (non-hydrogen) atoms. The van der Waals surface area contributed by atoms with Gasteiger partial charge in [-0.3, -0.25) is 9.69 Å². The van der Waals surface area contributed by atoms with Gasteiger partial charge >= 0.3 is 0 Å². The van der Waals surface area contributed by atoms with E-state index in [0.29, 0.717) is 12.3 Å². The predicted molar refractivity (Wildman–Crippen MR) is 106 cm³/mol. The topological polar surface area (TPSA) is 44.8 Å². The van der Waals surface area contributed by atoms with Crippen molar-refractivity contribution in [3.63, 3.8) is 0 Å². The standard InChI is InChI=1S/C21H26FN3O2/c1-3-27-20-7-5-4-6-19(20)25-14-12-24(13-15-25)16(2)21(26)23-18-10-8-17(22)9-11-18/h4-11,16H,3,12-15H2,1-2H3,(H,23,26)/t16-/m1/s1. The number of piperazine rings is 1. The minimum atomic E-state index is -0.315. The molecule has 0 saturated carbocycles. The van der Waals surface area contributed by atoms with E-state index in [-0.39, 0.29) is 17.8 Å². The van der Waals surface area contributed by atoms with E-state index in [2.05, 4.69) is 21.2 Å². The van der Waals surface area contributed by atoms with Gasteiger partial charge in [0.15, 0.2) is 0 Å². The molecule has 0 bridgehead atoms. The van der Waals surface area contributed by atoms with Crippen LogP contribution in [-0.4, -0.2) is 49.6 Å². The Balaban J connectivity index is 1.57. The van der Waals surface area contributed by atoms with Crippen molar-refractivity contribution >= 4 is 17.3 Å². The molecule has 0 aromatic heterocycles. The van der Waals surface area contributed by atoms with Gasteiger partial charge < -0.3 is 15.0 Å². The molecule has 1 fully saturated rings. The van der Waals surface area contributed by atoms with Gasteiger partial charge in [-0.15, -0.1) is 0 Å². The molecule has 1 N–H and O–H groups in total. The zero-order valence-corrected chi connectivity index (χ0v) is 15.8. The van der Waals surface area contributed by atoms with E-state index in [1.54, 1.807) is 12.1 Å². The van der Waals surface area contributed by atoms with Gasteiger partial charge in [-0.05, 0) is 50.2 Å². The van der Waals surface area contributed by atoms with Crippen LogP contribution in [0.4, 0.5) is 15.8 Å². The number of benzene rings is 2. The third-order valence-corrected chi connectivity index (χ3v) is 4.86. The van der Waals surface area contributed by atoms with E-state index in [9.17, 15) is 9.18 Å². The molecular formula is C21H26FN3O2. The van der Waals surface area contributed by atoms with Gasteiger partial charge in [0, 0.05) is 31.9 Å². The van der Waals surface area contributed by atoms with Crippen molar-refractivity contribution in [2.24, 2.45) is 0 Å². The second kappa shape index (κ2) is 8.86. The van der Waals surface area contributed by atoms with E-state index < -0.39 is 0 Å². The van der Waals surface area contributed by atoms with Crippen molar-refractivity contribution in [3.8, 4) is 5.75 Å². The van der Waals surface area contributed by atoms with E-state index in [1.807, 2.05) is 32.0 Å². The summed E-state index contributed by atoms with van der Waals surface area (Å²) in [4.78, 5) is 17.0. The normalized spacial score (nSPS) is 16.0. The molecule has 144 valence electrons. The third kappa shape index (κ3) is 4.77. The SMILES string of the molecule is CCOc1ccccc1N1CCN([C@H](C)C(=O)Nc2ccc(F)cc2)CC1. The van der Waals surface area contributed by atoms with Gasteiger partial charge in [-0.1, -0.05) is 12.1 Å². The molecule has 2 aromatic rings. The fraction of sp³-hybridized carbons (Fsp3) is 0.381. The Kier molecular flexibility index (Phi) is 6.29. The number of anilines is 2. The first kappa shape index (κ1) is 19.2. The Labute approximate surface area is 159 Å². The van der Waals surface area contributed by atoms with E-state index in [1.165, 1.54) is 12.1 Å². The number of hydrogen-bond donors (Lipinski definition) is 1. The zero-order chi connectivity index (χ0) is 19.2. The second-order valence-electron chi connectivity index (χ2n) is 6.60. The number of rotatable bonds is 6. The zero-order valence-electron chi connectivity index (χ0n) is 15.8. The monoisotopic (exact) mass is 371 g/mol. The van der Waals surface area contributed by atoms with Crippen molar-refractivity contribution in [1.82, 2.24) is 4.90 Å². The molecule has 1 saturated heterocycles. The summed E-state index contributed by atoms with van der Waals surface area (Å²) in [6.45, 7) is 7.77. The van der Waals surface area contributed by atoms with Gasteiger partial charge in [0.25, 0.3) is 0 Å². The van der Waals surface area contributed by atoms with Crippen LogP contribution in [-0.2, 0) is 4.79 Å². The highest BCUT2D eigenvalue weighted by Crippen LogP contribution is 2.29. The first-order valence-electron chi connectivity index (χ1n) is 9.35.